The maximum atomic E-state index is 12.2. The zero-order chi connectivity index (χ0) is 20.7. The molecule has 0 heterocycles. The van der Waals surface area contributed by atoms with Gasteiger partial charge >= 0.3 is 6.18 Å². The number of alkyl halides is 3. The molecule has 6 nitrogen and oxygen atoms in total. The Balaban J connectivity index is 2.34. The van der Waals surface area contributed by atoms with E-state index in [-0.39, 0.29) is 5.75 Å². The van der Waals surface area contributed by atoms with Gasteiger partial charge in [-0.1, -0.05) is 12.1 Å². The quantitative estimate of drug-likeness (QED) is 0.300. The van der Waals surface area contributed by atoms with Crippen molar-refractivity contribution in [2.75, 3.05) is 46.6 Å². The molecule has 1 aromatic rings. The Bertz CT molecular complexity index is 552. The van der Waals surface area contributed by atoms with Gasteiger partial charge in [0.1, 0.15) is 5.75 Å². The molecule has 0 saturated heterocycles. The molecule has 1 aromatic carbocycles. The van der Waals surface area contributed by atoms with Gasteiger partial charge in [-0.15, -0.1) is 0 Å². The van der Waals surface area contributed by atoms with Crippen molar-refractivity contribution in [2.24, 2.45) is 4.99 Å². The molecule has 0 amide bonds. The number of halogens is 3. The first-order chi connectivity index (χ1) is 13.4. The zero-order valence-corrected chi connectivity index (χ0v) is 16.5. The normalized spacial score (nSPS) is 12.1. The number of unbranched alkanes of at least 4 members (excludes halogenated alkanes) is 1. The topological polar surface area (TPSA) is 64.1 Å². The minimum atomic E-state index is -4.34. The Hall–Kier alpha value is -2.00. The molecular weight excluding hydrogens is 375 g/mol. The summed E-state index contributed by atoms with van der Waals surface area (Å²) in [4.78, 5) is 4.48. The lowest BCUT2D eigenvalue weighted by atomic mass is 10.2. The first kappa shape index (κ1) is 24.0. The van der Waals surface area contributed by atoms with Crippen LogP contribution in [0.25, 0.3) is 0 Å². The second-order valence-electron chi connectivity index (χ2n) is 5.98. The van der Waals surface area contributed by atoms with E-state index in [1.165, 1.54) is 12.1 Å². The third-order valence-electron chi connectivity index (χ3n) is 3.53. The summed E-state index contributed by atoms with van der Waals surface area (Å²) in [6.45, 7) is 4.50. The summed E-state index contributed by atoms with van der Waals surface area (Å²) in [5.41, 5.74) is 0.878. The number of rotatable bonds is 13. The highest BCUT2D eigenvalue weighted by molar-refractivity contribution is 5.79. The number of ether oxygens (including phenoxy) is 3. The van der Waals surface area contributed by atoms with Crippen molar-refractivity contribution in [3.8, 4) is 5.75 Å². The summed E-state index contributed by atoms with van der Waals surface area (Å²) in [5, 5.41) is 6.41. The van der Waals surface area contributed by atoms with Crippen LogP contribution in [0.15, 0.2) is 29.3 Å². The maximum Gasteiger partial charge on any atom is 0.422 e. The fraction of sp³-hybridized carbons (Fsp3) is 0.632. The summed E-state index contributed by atoms with van der Waals surface area (Å²) < 4.78 is 51.5. The minimum absolute atomic E-state index is 0.183. The average Bonchev–Trinajstić information content (AvgIpc) is 2.66. The molecule has 0 saturated carbocycles. The van der Waals surface area contributed by atoms with E-state index in [9.17, 15) is 13.2 Å². The molecule has 0 aliphatic heterocycles. The molecule has 0 aromatic heterocycles. The van der Waals surface area contributed by atoms with E-state index >= 15 is 0 Å². The second-order valence-corrected chi connectivity index (χ2v) is 5.98. The van der Waals surface area contributed by atoms with Crippen LogP contribution in [0.2, 0.25) is 0 Å². The van der Waals surface area contributed by atoms with Crippen LogP contribution < -0.4 is 15.4 Å². The molecule has 160 valence electrons. The van der Waals surface area contributed by atoms with E-state index < -0.39 is 12.8 Å². The number of nitrogens with zero attached hydrogens (tertiary/aromatic N) is 1. The zero-order valence-electron chi connectivity index (χ0n) is 16.5. The lowest BCUT2D eigenvalue weighted by Gasteiger charge is -2.12. The fourth-order valence-corrected chi connectivity index (χ4v) is 2.15. The highest BCUT2D eigenvalue weighted by Gasteiger charge is 2.28. The molecule has 9 heteroatoms. The van der Waals surface area contributed by atoms with Gasteiger partial charge < -0.3 is 24.8 Å². The van der Waals surface area contributed by atoms with Gasteiger partial charge in [-0.25, -0.2) is 4.99 Å². The van der Waals surface area contributed by atoms with Crippen LogP contribution in [0.5, 0.6) is 5.75 Å². The highest BCUT2D eigenvalue weighted by Crippen LogP contribution is 2.19. The van der Waals surface area contributed by atoms with Crippen molar-refractivity contribution < 1.29 is 27.4 Å². The summed E-state index contributed by atoms with van der Waals surface area (Å²) in [6, 6.07) is 6.44. The van der Waals surface area contributed by atoms with Crippen molar-refractivity contribution in [1.29, 1.82) is 0 Å². The van der Waals surface area contributed by atoms with Crippen LogP contribution in [-0.4, -0.2) is 58.8 Å². The van der Waals surface area contributed by atoms with E-state index in [0.29, 0.717) is 32.3 Å². The lowest BCUT2D eigenvalue weighted by molar-refractivity contribution is -0.153. The van der Waals surface area contributed by atoms with Crippen molar-refractivity contribution in [3.63, 3.8) is 0 Å². The van der Waals surface area contributed by atoms with Gasteiger partial charge in [0, 0.05) is 26.8 Å². The van der Waals surface area contributed by atoms with E-state index in [4.69, 9.17) is 14.2 Å². The molecule has 0 aliphatic rings. The number of nitrogens with one attached hydrogen (secondary N) is 2. The van der Waals surface area contributed by atoms with Crippen molar-refractivity contribution >= 4 is 5.96 Å². The summed E-state index contributed by atoms with van der Waals surface area (Å²) in [6.07, 6.45) is -2.45. The Kier molecular flexibility index (Phi) is 12.1. The molecular formula is C19H30F3N3O3. The average molecular weight is 405 g/mol. The Morgan fingerprint density at radius 3 is 2.43 bits per heavy atom. The van der Waals surface area contributed by atoms with Gasteiger partial charge in [0.15, 0.2) is 12.6 Å². The second kappa shape index (κ2) is 14.1. The number of aliphatic imine (C=N–C) groups is 1. The van der Waals surface area contributed by atoms with Crippen LogP contribution >= 0.6 is 0 Å². The van der Waals surface area contributed by atoms with Gasteiger partial charge in [-0.2, -0.15) is 13.2 Å². The first-order valence-corrected chi connectivity index (χ1v) is 9.32. The Morgan fingerprint density at radius 2 is 1.79 bits per heavy atom. The molecule has 1 rings (SSSR count). The molecule has 0 bridgehead atoms. The third-order valence-corrected chi connectivity index (χ3v) is 3.53. The van der Waals surface area contributed by atoms with Crippen LogP contribution in [-0.2, 0) is 16.0 Å². The molecule has 0 radical (unpaired) electrons. The van der Waals surface area contributed by atoms with Gasteiger partial charge in [-0.05, 0) is 37.5 Å². The molecule has 0 unspecified atom stereocenters. The summed E-state index contributed by atoms with van der Waals surface area (Å²) >= 11 is 0. The van der Waals surface area contributed by atoms with Gasteiger partial charge in [-0.3, -0.25) is 0 Å². The van der Waals surface area contributed by atoms with E-state index in [1.807, 2.05) is 6.92 Å². The van der Waals surface area contributed by atoms with Gasteiger partial charge in [0.25, 0.3) is 0 Å². The standard InChI is InChI=1S/C19H30F3N3O3/c1-3-23-18(24-10-4-5-11-27-13-12-26-2)25-14-16-6-8-17(9-7-16)28-15-19(20,21)22/h6-9H,3-5,10-15H2,1-2H3,(H2,23,24,25). The van der Waals surface area contributed by atoms with E-state index in [0.717, 1.165) is 31.5 Å². The molecule has 0 aliphatic carbocycles. The van der Waals surface area contributed by atoms with Gasteiger partial charge in [0.2, 0.25) is 0 Å². The van der Waals surface area contributed by atoms with Crippen LogP contribution in [0.1, 0.15) is 25.3 Å². The largest absolute Gasteiger partial charge is 0.484 e. The molecule has 2 N–H and O–H groups in total. The predicted molar refractivity (Wildman–Crippen MR) is 103 cm³/mol. The third kappa shape index (κ3) is 12.4. The highest BCUT2D eigenvalue weighted by atomic mass is 19.4. The Labute approximate surface area is 164 Å². The van der Waals surface area contributed by atoms with E-state index in [1.54, 1.807) is 19.2 Å². The monoisotopic (exact) mass is 405 g/mol. The van der Waals surface area contributed by atoms with Crippen LogP contribution in [0.3, 0.4) is 0 Å². The summed E-state index contributed by atoms with van der Waals surface area (Å²) in [7, 11) is 1.64. The lowest BCUT2D eigenvalue weighted by Crippen LogP contribution is -2.37. The van der Waals surface area contributed by atoms with Crippen LogP contribution in [0.4, 0.5) is 13.2 Å². The maximum absolute atomic E-state index is 12.2. The van der Waals surface area contributed by atoms with Gasteiger partial charge in [0.05, 0.1) is 19.8 Å². The fourth-order valence-electron chi connectivity index (χ4n) is 2.15. The van der Waals surface area contributed by atoms with Crippen LogP contribution in [0, 0.1) is 0 Å². The first-order valence-electron chi connectivity index (χ1n) is 9.32. The number of hydrogen-bond donors (Lipinski definition) is 2. The van der Waals surface area contributed by atoms with E-state index in [2.05, 4.69) is 15.6 Å². The SMILES string of the molecule is CCNC(=NCc1ccc(OCC(F)(F)F)cc1)NCCCCOCCOC. The summed E-state index contributed by atoms with van der Waals surface area (Å²) in [5.74, 6) is 0.878. The van der Waals surface area contributed by atoms with Crippen molar-refractivity contribution in [1.82, 2.24) is 10.6 Å². The number of methoxy groups -OCH3 is 1. The van der Waals surface area contributed by atoms with Crippen molar-refractivity contribution in [3.05, 3.63) is 29.8 Å². The van der Waals surface area contributed by atoms with Crippen molar-refractivity contribution in [2.45, 2.75) is 32.5 Å². The number of guanidine groups is 1. The number of benzene rings is 1. The predicted octanol–water partition coefficient (Wildman–Crippen LogP) is 3.13. The molecule has 0 spiro atoms. The Morgan fingerprint density at radius 1 is 1.04 bits per heavy atom. The smallest absolute Gasteiger partial charge is 0.422 e. The molecule has 28 heavy (non-hydrogen) atoms. The molecule has 0 fully saturated rings. The molecule has 0 atom stereocenters. The number of hydrogen-bond acceptors (Lipinski definition) is 4. The minimum Gasteiger partial charge on any atom is -0.484 e.